The number of ether oxygens (including phenoxy) is 1. The number of benzene rings is 2. The van der Waals surface area contributed by atoms with Crippen LogP contribution < -0.4 is 10.5 Å². The molecule has 2 aromatic rings. The van der Waals surface area contributed by atoms with Gasteiger partial charge >= 0.3 is 0 Å². The second kappa shape index (κ2) is 5.73. The maximum atomic E-state index is 11.3. The van der Waals surface area contributed by atoms with Crippen molar-refractivity contribution in [3.8, 4) is 5.75 Å². The second-order valence-corrected chi connectivity index (χ2v) is 6.81. The first-order chi connectivity index (χ1) is 9.36. The number of sulfone groups is 1. The van der Waals surface area contributed by atoms with E-state index < -0.39 is 9.84 Å². The molecule has 4 nitrogen and oxygen atoms in total. The molecule has 20 heavy (non-hydrogen) atoms. The molecule has 0 unspecified atom stereocenters. The summed E-state index contributed by atoms with van der Waals surface area (Å²) in [5.41, 5.74) is 7.02. The van der Waals surface area contributed by atoms with E-state index in [2.05, 4.69) is 0 Å². The minimum absolute atomic E-state index is 0.260. The predicted molar refractivity (Wildman–Crippen MR) is 79.7 cm³/mol. The summed E-state index contributed by atoms with van der Waals surface area (Å²) >= 11 is 6.04. The molecule has 0 amide bonds. The number of hydrogen-bond donors (Lipinski definition) is 1. The highest BCUT2D eigenvalue weighted by Gasteiger charge is 2.07. The predicted octanol–water partition coefficient (Wildman–Crippen LogP) is 2.90. The van der Waals surface area contributed by atoms with Gasteiger partial charge in [0.15, 0.2) is 9.84 Å². The van der Waals surface area contributed by atoms with E-state index in [0.29, 0.717) is 16.5 Å². The van der Waals surface area contributed by atoms with E-state index in [4.69, 9.17) is 22.1 Å². The van der Waals surface area contributed by atoms with Crippen LogP contribution in [-0.4, -0.2) is 14.7 Å². The Morgan fingerprint density at radius 2 is 1.80 bits per heavy atom. The minimum Gasteiger partial charge on any atom is -0.489 e. The third-order valence-electron chi connectivity index (χ3n) is 2.72. The SMILES string of the molecule is CS(=O)(=O)c1ccc(OCc2ccc(N)cc2Cl)cc1. The molecule has 0 spiro atoms. The number of halogens is 1. The van der Waals surface area contributed by atoms with Gasteiger partial charge in [0.1, 0.15) is 12.4 Å². The number of nitrogen functional groups attached to an aromatic ring is 1. The van der Waals surface area contributed by atoms with Crippen LogP contribution in [0.5, 0.6) is 5.75 Å². The molecule has 106 valence electrons. The van der Waals surface area contributed by atoms with Crippen molar-refractivity contribution in [2.45, 2.75) is 11.5 Å². The summed E-state index contributed by atoms with van der Waals surface area (Å²) in [6.45, 7) is 0.289. The largest absolute Gasteiger partial charge is 0.489 e. The molecule has 0 atom stereocenters. The molecule has 0 aliphatic carbocycles. The highest BCUT2D eigenvalue weighted by Crippen LogP contribution is 2.22. The molecule has 0 saturated carbocycles. The van der Waals surface area contributed by atoms with Gasteiger partial charge in [-0.1, -0.05) is 17.7 Å². The molecule has 6 heteroatoms. The smallest absolute Gasteiger partial charge is 0.175 e. The van der Waals surface area contributed by atoms with Gasteiger partial charge in [0.2, 0.25) is 0 Å². The fourth-order valence-corrected chi connectivity index (χ4v) is 2.50. The third-order valence-corrected chi connectivity index (χ3v) is 4.20. The van der Waals surface area contributed by atoms with Crippen LogP contribution in [0.3, 0.4) is 0 Å². The first-order valence-corrected chi connectivity index (χ1v) is 8.10. The molecule has 0 heterocycles. The Morgan fingerprint density at radius 1 is 1.15 bits per heavy atom. The van der Waals surface area contributed by atoms with Gasteiger partial charge in [0.25, 0.3) is 0 Å². The van der Waals surface area contributed by atoms with Crippen LogP contribution >= 0.6 is 11.6 Å². The van der Waals surface area contributed by atoms with Crippen LogP contribution in [0.4, 0.5) is 5.69 Å². The average molecular weight is 312 g/mol. The lowest BCUT2D eigenvalue weighted by atomic mass is 10.2. The number of nitrogens with two attached hydrogens (primary N) is 1. The lowest BCUT2D eigenvalue weighted by Gasteiger charge is -2.08. The van der Waals surface area contributed by atoms with Gasteiger partial charge in [-0.3, -0.25) is 0 Å². The average Bonchev–Trinajstić information content (AvgIpc) is 2.37. The normalized spacial score (nSPS) is 11.3. The first-order valence-electron chi connectivity index (χ1n) is 5.83. The number of hydrogen-bond acceptors (Lipinski definition) is 4. The lowest BCUT2D eigenvalue weighted by molar-refractivity contribution is 0.306. The zero-order valence-electron chi connectivity index (χ0n) is 10.8. The summed E-state index contributed by atoms with van der Waals surface area (Å²) in [6, 6.07) is 11.4. The summed E-state index contributed by atoms with van der Waals surface area (Å²) in [5.74, 6) is 0.574. The van der Waals surface area contributed by atoms with Crippen molar-refractivity contribution in [1.82, 2.24) is 0 Å². The molecule has 0 aliphatic heterocycles. The molecular formula is C14H14ClNO3S. The van der Waals surface area contributed by atoms with Crippen molar-refractivity contribution in [3.63, 3.8) is 0 Å². The summed E-state index contributed by atoms with van der Waals surface area (Å²) in [5, 5.41) is 0.540. The van der Waals surface area contributed by atoms with Gasteiger partial charge in [-0.25, -0.2) is 8.42 Å². The number of anilines is 1. The molecular weight excluding hydrogens is 298 g/mol. The van der Waals surface area contributed by atoms with Gasteiger partial charge in [-0.15, -0.1) is 0 Å². The van der Waals surface area contributed by atoms with E-state index in [0.717, 1.165) is 11.8 Å². The standard InChI is InChI=1S/C14H14ClNO3S/c1-20(17,18)13-6-4-12(5-7-13)19-9-10-2-3-11(16)8-14(10)15/h2-8H,9,16H2,1H3. The van der Waals surface area contributed by atoms with Gasteiger partial charge in [0, 0.05) is 22.5 Å². The maximum absolute atomic E-state index is 11.3. The highest BCUT2D eigenvalue weighted by atomic mass is 35.5. The van der Waals surface area contributed by atoms with E-state index in [-0.39, 0.29) is 11.5 Å². The molecule has 2 aromatic carbocycles. The van der Waals surface area contributed by atoms with Gasteiger partial charge in [0.05, 0.1) is 4.90 Å². The number of rotatable bonds is 4. The fraction of sp³-hybridized carbons (Fsp3) is 0.143. The quantitative estimate of drug-likeness (QED) is 0.881. The van der Waals surface area contributed by atoms with Crippen molar-refractivity contribution < 1.29 is 13.2 Å². The van der Waals surface area contributed by atoms with Crippen molar-refractivity contribution in [2.24, 2.45) is 0 Å². The summed E-state index contributed by atoms with van der Waals surface area (Å²) < 4.78 is 28.2. The summed E-state index contributed by atoms with van der Waals surface area (Å²) in [6.07, 6.45) is 1.16. The fourth-order valence-electron chi connectivity index (χ4n) is 1.62. The monoisotopic (exact) mass is 311 g/mol. The second-order valence-electron chi connectivity index (χ2n) is 4.38. The zero-order valence-corrected chi connectivity index (χ0v) is 12.4. The molecule has 0 saturated heterocycles. The Bertz CT molecular complexity index is 712. The molecule has 2 N–H and O–H groups in total. The third kappa shape index (κ3) is 3.65. The van der Waals surface area contributed by atoms with E-state index in [1.54, 1.807) is 30.3 Å². The molecule has 0 bridgehead atoms. The van der Waals surface area contributed by atoms with Crippen LogP contribution in [-0.2, 0) is 16.4 Å². The molecule has 0 radical (unpaired) electrons. The van der Waals surface area contributed by atoms with Crippen LogP contribution in [0.25, 0.3) is 0 Å². The van der Waals surface area contributed by atoms with Gasteiger partial charge in [-0.05, 0) is 36.4 Å². The highest BCUT2D eigenvalue weighted by molar-refractivity contribution is 7.90. The molecule has 0 fully saturated rings. The molecule has 0 aliphatic rings. The van der Waals surface area contributed by atoms with Crippen LogP contribution in [0.1, 0.15) is 5.56 Å². The van der Waals surface area contributed by atoms with E-state index in [9.17, 15) is 8.42 Å². The zero-order chi connectivity index (χ0) is 14.8. The summed E-state index contributed by atoms with van der Waals surface area (Å²) in [4.78, 5) is 0.260. The Balaban J connectivity index is 2.08. The topological polar surface area (TPSA) is 69.4 Å². The van der Waals surface area contributed by atoms with Crippen molar-refractivity contribution in [3.05, 3.63) is 53.1 Å². The van der Waals surface area contributed by atoms with E-state index >= 15 is 0 Å². The van der Waals surface area contributed by atoms with Crippen LogP contribution in [0, 0.1) is 0 Å². The molecule has 2 rings (SSSR count). The van der Waals surface area contributed by atoms with E-state index in [1.165, 1.54) is 12.1 Å². The Morgan fingerprint density at radius 3 is 2.35 bits per heavy atom. The Kier molecular flexibility index (Phi) is 4.20. The first kappa shape index (κ1) is 14.7. The van der Waals surface area contributed by atoms with Gasteiger partial charge in [-0.2, -0.15) is 0 Å². The molecule has 0 aromatic heterocycles. The van der Waals surface area contributed by atoms with E-state index in [1.807, 2.05) is 0 Å². The maximum Gasteiger partial charge on any atom is 0.175 e. The van der Waals surface area contributed by atoms with Crippen molar-refractivity contribution in [2.75, 3.05) is 12.0 Å². The Labute approximate surface area is 123 Å². The van der Waals surface area contributed by atoms with Crippen LogP contribution in [0.15, 0.2) is 47.4 Å². The van der Waals surface area contributed by atoms with Crippen molar-refractivity contribution in [1.29, 1.82) is 0 Å². The van der Waals surface area contributed by atoms with Crippen LogP contribution in [0.2, 0.25) is 5.02 Å². The lowest BCUT2D eigenvalue weighted by Crippen LogP contribution is -1.99. The van der Waals surface area contributed by atoms with Crippen molar-refractivity contribution >= 4 is 27.1 Å². The van der Waals surface area contributed by atoms with Gasteiger partial charge < -0.3 is 10.5 Å². The minimum atomic E-state index is -3.19. The summed E-state index contributed by atoms with van der Waals surface area (Å²) in [7, 11) is -3.19. The Hall–Kier alpha value is -1.72.